The van der Waals surface area contributed by atoms with E-state index in [9.17, 15) is 0 Å². The quantitative estimate of drug-likeness (QED) is 0.914. The van der Waals surface area contributed by atoms with Gasteiger partial charge in [0, 0.05) is 49.1 Å². The van der Waals surface area contributed by atoms with Crippen LogP contribution in [0.5, 0.6) is 0 Å². The molecular formula is C13H17N5S. The third-order valence-electron chi connectivity index (χ3n) is 3.40. The minimum Gasteiger partial charge on any atom is -0.316 e. The maximum Gasteiger partial charge on any atom is 0.143 e. The van der Waals surface area contributed by atoms with Gasteiger partial charge in [0.2, 0.25) is 0 Å². The Balaban J connectivity index is 1.66. The fourth-order valence-corrected chi connectivity index (χ4v) is 3.26. The Labute approximate surface area is 116 Å². The van der Waals surface area contributed by atoms with Crippen molar-refractivity contribution in [2.75, 3.05) is 20.1 Å². The largest absolute Gasteiger partial charge is 0.316 e. The summed E-state index contributed by atoms with van der Waals surface area (Å²) >= 11 is 1.71. The number of rotatable bonds is 4. The molecule has 3 heterocycles. The Morgan fingerprint density at radius 2 is 2.32 bits per heavy atom. The van der Waals surface area contributed by atoms with E-state index in [1.54, 1.807) is 29.9 Å². The molecule has 6 heteroatoms. The highest BCUT2D eigenvalue weighted by Crippen LogP contribution is 2.24. The molecule has 1 fully saturated rings. The zero-order valence-electron chi connectivity index (χ0n) is 10.9. The van der Waals surface area contributed by atoms with E-state index in [1.807, 2.05) is 13.2 Å². The number of hydrogen-bond acceptors (Lipinski definition) is 6. The highest BCUT2D eigenvalue weighted by Gasteiger charge is 2.21. The summed E-state index contributed by atoms with van der Waals surface area (Å²) in [6.45, 7) is 3.26. The molecule has 1 atom stereocenters. The van der Waals surface area contributed by atoms with Crippen molar-refractivity contribution >= 4 is 11.3 Å². The highest BCUT2D eigenvalue weighted by molar-refractivity contribution is 7.14. The van der Waals surface area contributed by atoms with Crippen LogP contribution < -0.4 is 5.32 Å². The minimum absolute atomic E-state index is 0.632. The van der Waals surface area contributed by atoms with Crippen molar-refractivity contribution in [1.29, 1.82) is 0 Å². The van der Waals surface area contributed by atoms with E-state index in [1.165, 1.54) is 11.3 Å². The molecule has 0 amide bonds. The monoisotopic (exact) mass is 275 g/mol. The average molecular weight is 275 g/mol. The Morgan fingerprint density at radius 3 is 3.05 bits per heavy atom. The third-order valence-corrected chi connectivity index (χ3v) is 4.40. The number of likely N-dealkylation sites (N-methyl/N-ethyl adjacent to an activating group) is 1. The molecule has 5 nitrogen and oxygen atoms in total. The Bertz CT molecular complexity index is 527. The van der Waals surface area contributed by atoms with Gasteiger partial charge in [0.15, 0.2) is 0 Å². The molecule has 0 aromatic carbocycles. The van der Waals surface area contributed by atoms with Gasteiger partial charge in [0.25, 0.3) is 0 Å². The van der Waals surface area contributed by atoms with Crippen LogP contribution in [0.15, 0.2) is 24.8 Å². The van der Waals surface area contributed by atoms with Crippen LogP contribution in [0.4, 0.5) is 0 Å². The Morgan fingerprint density at radius 1 is 1.37 bits per heavy atom. The van der Waals surface area contributed by atoms with Crippen LogP contribution in [0.2, 0.25) is 0 Å². The lowest BCUT2D eigenvalue weighted by Crippen LogP contribution is -2.29. The van der Waals surface area contributed by atoms with Crippen molar-refractivity contribution in [2.45, 2.75) is 19.0 Å². The number of hydrogen-bond donors (Lipinski definition) is 1. The number of nitrogens with zero attached hydrogens (tertiary/aromatic N) is 4. The van der Waals surface area contributed by atoms with E-state index in [4.69, 9.17) is 0 Å². The van der Waals surface area contributed by atoms with Gasteiger partial charge in [-0.3, -0.25) is 14.9 Å². The normalized spacial score (nSPS) is 19.9. The average Bonchev–Trinajstić information content (AvgIpc) is 3.09. The van der Waals surface area contributed by atoms with Crippen LogP contribution in [-0.4, -0.2) is 46.0 Å². The van der Waals surface area contributed by atoms with Crippen molar-refractivity contribution in [3.63, 3.8) is 0 Å². The van der Waals surface area contributed by atoms with E-state index in [0.717, 1.165) is 30.3 Å². The summed E-state index contributed by atoms with van der Waals surface area (Å²) in [6.07, 6.45) is 8.33. The van der Waals surface area contributed by atoms with Gasteiger partial charge in [-0.25, -0.2) is 4.98 Å². The van der Waals surface area contributed by atoms with Crippen LogP contribution in [0, 0.1) is 0 Å². The third kappa shape index (κ3) is 2.97. The second-order valence-electron chi connectivity index (χ2n) is 4.73. The zero-order valence-corrected chi connectivity index (χ0v) is 11.7. The molecular weight excluding hydrogens is 258 g/mol. The second kappa shape index (κ2) is 5.73. The molecule has 0 radical (unpaired) electrons. The van der Waals surface area contributed by atoms with Gasteiger partial charge in [0.1, 0.15) is 10.7 Å². The number of likely N-dealkylation sites (tertiary alicyclic amines) is 1. The first-order valence-electron chi connectivity index (χ1n) is 6.46. The van der Waals surface area contributed by atoms with Crippen molar-refractivity contribution in [3.05, 3.63) is 29.7 Å². The van der Waals surface area contributed by atoms with Gasteiger partial charge in [-0.1, -0.05) is 0 Å². The van der Waals surface area contributed by atoms with Gasteiger partial charge in [-0.2, -0.15) is 0 Å². The standard InChI is InChI=1S/C13H17N5S/c1-14-10-2-5-18(8-10)9-11-6-17-13(19-11)12-7-15-3-4-16-12/h3-4,6-7,10,14H,2,5,8-9H2,1H3. The molecule has 1 N–H and O–H groups in total. The highest BCUT2D eigenvalue weighted by atomic mass is 32.1. The smallest absolute Gasteiger partial charge is 0.143 e. The fraction of sp³-hybridized carbons (Fsp3) is 0.462. The summed E-state index contributed by atoms with van der Waals surface area (Å²) in [5.74, 6) is 0. The molecule has 1 aliphatic rings. The molecule has 100 valence electrons. The number of aromatic nitrogens is 3. The van der Waals surface area contributed by atoms with Crippen molar-refractivity contribution in [2.24, 2.45) is 0 Å². The van der Waals surface area contributed by atoms with Crippen LogP contribution in [0.1, 0.15) is 11.3 Å². The fourth-order valence-electron chi connectivity index (χ4n) is 2.34. The number of thiazole rings is 1. The Kier molecular flexibility index (Phi) is 3.82. The van der Waals surface area contributed by atoms with E-state index >= 15 is 0 Å². The van der Waals surface area contributed by atoms with Crippen LogP contribution in [0.3, 0.4) is 0 Å². The first-order chi connectivity index (χ1) is 9.35. The molecule has 2 aromatic rings. The van der Waals surface area contributed by atoms with Crippen LogP contribution in [-0.2, 0) is 6.54 Å². The maximum atomic E-state index is 4.44. The van der Waals surface area contributed by atoms with E-state index in [0.29, 0.717) is 6.04 Å². The SMILES string of the molecule is CNC1CCN(Cc2cnc(-c3cnccn3)s2)C1. The summed E-state index contributed by atoms with van der Waals surface area (Å²) < 4.78 is 0. The maximum absolute atomic E-state index is 4.44. The lowest BCUT2D eigenvalue weighted by Gasteiger charge is -2.13. The lowest BCUT2D eigenvalue weighted by molar-refractivity contribution is 0.325. The first-order valence-corrected chi connectivity index (χ1v) is 7.27. The summed E-state index contributed by atoms with van der Waals surface area (Å²) in [5.41, 5.74) is 0.855. The summed E-state index contributed by atoms with van der Waals surface area (Å²) in [5, 5.41) is 4.29. The van der Waals surface area contributed by atoms with E-state index in [2.05, 4.69) is 25.2 Å². The molecule has 19 heavy (non-hydrogen) atoms. The number of nitrogens with one attached hydrogen (secondary N) is 1. The molecule has 0 bridgehead atoms. The van der Waals surface area contributed by atoms with Gasteiger partial charge < -0.3 is 5.32 Å². The molecule has 2 aromatic heterocycles. The molecule has 3 rings (SSSR count). The molecule has 1 unspecified atom stereocenters. The van der Waals surface area contributed by atoms with E-state index in [-0.39, 0.29) is 0 Å². The van der Waals surface area contributed by atoms with Crippen molar-refractivity contribution in [1.82, 2.24) is 25.2 Å². The topological polar surface area (TPSA) is 53.9 Å². The van der Waals surface area contributed by atoms with Gasteiger partial charge in [-0.05, 0) is 13.5 Å². The molecule has 1 saturated heterocycles. The molecule has 0 aliphatic carbocycles. The van der Waals surface area contributed by atoms with Crippen LogP contribution >= 0.6 is 11.3 Å². The predicted octanol–water partition coefficient (Wildman–Crippen LogP) is 1.39. The van der Waals surface area contributed by atoms with E-state index < -0.39 is 0 Å². The lowest BCUT2D eigenvalue weighted by atomic mass is 10.3. The molecule has 0 saturated carbocycles. The molecule has 0 spiro atoms. The van der Waals surface area contributed by atoms with Gasteiger partial charge in [-0.15, -0.1) is 11.3 Å². The minimum atomic E-state index is 0.632. The van der Waals surface area contributed by atoms with Gasteiger partial charge >= 0.3 is 0 Å². The van der Waals surface area contributed by atoms with Gasteiger partial charge in [0.05, 0.1) is 6.20 Å². The van der Waals surface area contributed by atoms with Crippen LogP contribution in [0.25, 0.3) is 10.7 Å². The summed E-state index contributed by atoms with van der Waals surface area (Å²) in [4.78, 5) is 16.6. The van der Waals surface area contributed by atoms with Crippen molar-refractivity contribution < 1.29 is 0 Å². The zero-order chi connectivity index (χ0) is 13.1. The first kappa shape index (κ1) is 12.7. The Hall–Kier alpha value is -1.37. The summed E-state index contributed by atoms with van der Waals surface area (Å²) in [7, 11) is 2.03. The van der Waals surface area contributed by atoms with Crippen molar-refractivity contribution in [3.8, 4) is 10.7 Å². The predicted molar refractivity (Wildman–Crippen MR) is 75.9 cm³/mol. The molecule has 1 aliphatic heterocycles. The summed E-state index contributed by atoms with van der Waals surface area (Å²) in [6, 6.07) is 0.632. The second-order valence-corrected chi connectivity index (χ2v) is 5.85.